The molecule has 0 saturated carbocycles. The fraction of sp³-hybridized carbons (Fsp3) is 0.235. The first-order chi connectivity index (χ1) is 21.9. The van der Waals surface area contributed by atoms with Gasteiger partial charge >= 0.3 is 11.9 Å². The maximum absolute atomic E-state index is 14.2. The predicted octanol–water partition coefficient (Wildman–Crippen LogP) is 3.89. The largest absolute Gasteiger partial charge is 0.493 e. The number of carbonyl (C=O) groups is 2. The summed E-state index contributed by atoms with van der Waals surface area (Å²) in [7, 11) is 3.06. The fourth-order valence-corrected chi connectivity index (χ4v) is 5.97. The highest BCUT2D eigenvalue weighted by atomic mass is 32.1. The lowest BCUT2D eigenvalue weighted by Crippen LogP contribution is -2.40. The molecule has 0 amide bonds. The van der Waals surface area contributed by atoms with Gasteiger partial charge in [0.05, 0.1) is 49.3 Å². The summed E-state index contributed by atoms with van der Waals surface area (Å²) >= 11 is 1.20. The average Bonchev–Trinajstić information content (AvgIpc) is 3.37. The zero-order valence-corrected chi connectivity index (χ0v) is 26.1. The zero-order valence-electron chi connectivity index (χ0n) is 25.3. The lowest BCUT2D eigenvalue weighted by molar-refractivity contribution is -0.145. The Balaban J connectivity index is 1.71. The van der Waals surface area contributed by atoms with Gasteiger partial charge in [0.1, 0.15) is 5.75 Å². The molecule has 1 aromatic heterocycles. The number of thiazole rings is 1. The van der Waals surface area contributed by atoms with E-state index in [1.54, 1.807) is 56.3 Å². The molecule has 0 aliphatic carbocycles. The van der Waals surface area contributed by atoms with E-state index in [4.69, 9.17) is 28.7 Å². The van der Waals surface area contributed by atoms with Crippen LogP contribution in [-0.2, 0) is 19.1 Å². The van der Waals surface area contributed by atoms with E-state index in [-0.39, 0.29) is 31.0 Å². The van der Waals surface area contributed by atoms with Crippen molar-refractivity contribution in [1.29, 1.82) is 0 Å². The number of hydrogen-bond acceptors (Lipinski definition) is 10. The molecule has 1 aliphatic heterocycles. The minimum atomic E-state index is -0.878. The summed E-state index contributed by atoms with van der Waals surface area (Å²) in [5.41, 5.74) is 2.29. The van der Waals surface area contributed by atoms with Crippen molar-refractivity contribution < 1.29 is 33.3 Å². The third kappa shape index (κ3) is 6.68. The summed E-state index contributed by atoms with van der Waals surface area (Å²) in [5.74, 6) is 0.337. The van der Waals surface area contributed by atoms with Gasteiger partial charge in [-0.25, -0.2) is 14.6 Å². The lowest BCUT2D eigenvalue weighted by Gasteiger charge is -2.26. The molecule has 0 bridgehead atoms. The number of hydrogen-bond donors (Lipinski definition) is 0. The first kappa shape index (κ1) is 31.3. The van der Waals surface area contributed by atoms with E-state index in [1.807, 2.05) is 36.4 Å². The van der Waals surface area contributed by atoms with Gasteiger partial charge in [-0.15, -0.1) is 0 Å². The molecule has 10 nitrogen and oxygen atoms in total. The number of fused-ring (bicyclic) bond motifs is 1. The van der Waals surface area contributed by atoms with Crippen molar-refractivity contribution in [3.05, 3.63) is 115 Å². The van der Waals surface area contributed by atoms with E-state index in [2.05, 4.69) is 0 Å². The summed E-state index contributed by atoms with van der Waals surface area (Å²) in [6.07, 6.45) is 1.73. The van der Waals surface area contributed by atoms with E-state index < -0.39 is 18.0 Å². The molecule has 45 heavy (non-hydrogen) atoms. The molecule has 4 aromatic rings. The highest BCUT2D eigenvalue weighted by Crippen LogP contribution is 2.38. The Kier molecular flexibility index (Phi) is 9.79. The SMILES string of the molecule is CCOC(=O)COc1cccc(/C=c2\sc3n(c2=O)[C@@H](c2ccc(OC)c(OC)c2)C(C(=O)OCC)=C(c2ccccc2)N=3)c1. The minimum absolute atomic E-state index is 0.141. The van der Waals surface area contributed by atoms with Crippen molar-refractivity contribution in [1.82, 2.24) is 4.57 Å². The molecule has 1 aliphatic rings. The Morgan fingerprint density at radius 1 is 0.911 bits per heavy atom. The van der Waals surface area contributed by atoms with Gasteiger partial charge in [0.15, 0.2) is 22.9 Å². The van der Waals surface area contributed by atoms with Crippen LogP contribution in [0.4, 0.5) is 0 Å². The van der Waals surface area contributed by atoms with Crippen LogP contribution >= 0.6 is 11.3 Å². The van der Waals surface area contributed by atoms with Gasteiger partial charge in [0.25, 0.3) is 5.56 Å². The molecule has 0 spiro atoms. The molecule has 0 N–H and O–H groups in total. The van der Waals surface area contributed by atoms with Crippen LogP contribution in [0.1, 0.15) is 36.6 Å². The quantitative estimate of drug-likeness (QED) is 0.230. The fourth-order valence-electron chi connectivity index (χ4n) is 4.97. The van der Waals surface area contributed by atoms with Gasteiger partial charge < -0.3 is 23.7 Å². The molecule has 0 unspecified atom stereocenters. The van der Waals surface area contributed by atoms with E-state index in [0.717, 1.165) is 0 Å². The van der Waals surface area contributed by atoms with Crippen LogP contribution in [0.3, 0.4) is 0 Å². The van der Waals surface area contributed by atoms with E-state index in [0.29, 0.717) is 49.0 Å². The van der Waals surface area contributed by atoms with Crippen molar-refractivity contribution in [2.24, 2.45) is 4.99 Å². The van der Waals surface area contributed by atoms with Crippen LogP contribution < -0.4 is 29.1 Å². The molecule has 5 rings (SSSR count). The lowest BCUT2D eigenvalue weighted by atomic mass is 9.93. The van der Waals surface area contributed by atoms with Crippen molar-refractivity contribution in [3.63, 3.8) is 0 Å². The Labute approximate surface area is 263 Å². The van der Waals surface area contributed by atoms with Gasteiger partial charge in [0, 0.05) is 5.56 Å². The molecule has 1 atom stereocenters. The molecule has 11 heteroatoms. The van der Waals surface area contributed by atoms with Crippen molar-refractivity contribution in [3.8, 4) is 17.2 Å². The Bertz CT molecular complexity index is 1930. The van der Waals surface area contributed by atoms with Crippen LogP contribution in [0, 0.1) is 0 Å². The van der Waals surface area contributed by atoms with Crippen molar-refractivity contribution >= 4 is 35.0 Å². The van der Waals surface area contributed by atoms with Gasteiger partial charge in [-0.05, 0) is 55.3 Å². The number of methoxy groups -OCH3 is 2. The first-order valence-corrected chi connectivity index (χ1v) is 15.1. The molecule has 0 radical (unpaired) electrons. The molecule has 2 heterocycles. The number of nitrogens with zero attached hydrogens (tertiary/aromatic N) is 2. The monoisotopic (exact) mass is 628 g/mol. The summed E-state index contributed by atoms with van der Waals surface area (Å²) in [4.78, 5) is 44.9. The van der Waals surface area contributed by atoms with E-state index in [9.17, 15) is 14.4 Å². The standard InChI is InChI=1S/C34H32N2O8S/c1-5-42-28(37)20-44-24-14-10-11-21(17-24)18-27-32(38)36-31(23-15-16-25(40-3)26(19-23)41-4)29(33(39)43-6-2)30(35-34(36)45-27)22-12-8-7-9-13-22/h7-19,31H,5-6,20H2,1-4H3/b27-18-/t31-/m0/s1. The normalized spacial score (nSPS) is 14.3. The highest BCUT2D eigenvalue weighted by Gasteiger charge is 2.35. The summed E-state index contributed by atoms with van der Waals surface area (Å²) in [6.45, 7) is 3.62. The van der Waals surface area contributed by atoms with Crippen LogP contribution in [0.15, 0.2) is 88.2 Å². The smallest absolute Gasteiger partial charge is 0.344 e. The Hall–Kier alpha value is -5.16. The molecular formula is C34H32N2O8S. The van der Waals surface area contributed by atoms with Crippen LogP contribution in [0.25, 0.3) is 11.8 Å². The number of aromatic nitrogens is 1. The van der Waals surface area contributed by atoms with Crippen molar-refractivity contribution in [2.45, 2.75) is 19.9 Å². The minimum Gasteiger partial charge on any atom is -0.493 e. The third-order valence-corrected chi connectivity index (χ3v) is 7.90. The summed E-state index contributed by atoms with van der Waals surface area (Å²) in [6, 6.07) is 20.7. The number of carbonyl (C=O) groups excluding carboxylic acids is 2. The Morgan fingerprint density at radius 3 is 2.38 bits per heavy atom. The summed E-state index contributed by atoms with van der Waals surface area (Å²) in [5, 5.41) is 0. The second-order valence-corrected chi connectivity index (χ2v) is 10.7. The van der Waals surface area contributed by atoms with Gasteiger partial charge in [-0.2, -0.15) is 0 Å². The molecule has 0 fully saturated rings. The van der Waals surface area contributed by atoms with Crippen molar-refractivity contribution in [2.75, 3.05) is 34.0 Å². The van der Waals surface area contributed by atoms with Crippen LogP contribution in [0.5, 0.6) is 17.2 Å². The molecule has 0 saturated heterocycles. The van der Waals surface area contributed by atoms with E-state index >= 15 is 0 Å². The number of benzene rings is 3. The topological polar surface area (TPSA) is 115 Å². The van der Waals surface area contributed by atoms with Gasteiger partial charge in [-0.3, -0.25) is 9.36 Å². The zero-order chi connectivity index (χ0) is 31.9. The van der Waals surface area contributed by atoms with Crippen LogP contribution in [-0.4, -0.2) is 50.5 Å². The van der Waals surface area contributed by atoms with Gasteiger partial charge in [0.2, 0.25) is 0 Å². The maximum atomic E-state index is 14.2. The second-order valence-electron chi connectivity index (χ2n) is 9.71. The predicted molar refractivity (Wildman–Crippen MR) is 169 cm³/mol. The highest BCUT2D eigenvalue weighted by molar-refractivity contribution is 7.07. The van der Waals surface area contributed by atoms with Gasteiger partial charge in [-0.1, -0.05) is 59.9 Å². The molecular weight excluding hydrogens is 596 g/mol. The third-order valence-electron chi connectivity index (χ3n) is 6.91. The maximum Gasteiger partial charge on any atom is 0.344 e. The van der Waals surface area contributed by atoms with E-state index in [1.165, 1.54) is 30.1 Å². The summed E-state index contributed by atoms with van der Waals surface area (Å²) < 4.78 is 29.0. The van der Waals surface area contributed by atoms with Crippen LogP contribution in [0.2, 0.25) is 0 Å². The number of ether oxygens (including phenoxy) is 5. The second kappa shape index (κ2) is 14.1. The molecule has 232 valence electrons. The Morgan fingerprint density at radius 2 is 1.67 bits per heavy atom. The molecule has 3 aromatic carbocycles. The number of esters is 2. The number of rotatable bonds is 11. The first-order valence-electron chi connectivity index (χ1n) is 14.3. The average molecular weight is 629 g/mol.